The summed E-state index contributed by atoms with van der Waals surface area (Å²) in [7, 11) is 1.63. The molecule has 0 saturated heterocycles. The molecule has 4 N–H and O–H groups in total. The SMILES string of the molecule is CCNCc1nc2c(N)nc3cc(OC)ccc3c2[nH]1. The molecule has 3 rings (SSSR count). The van der Waals surface area contributed by atoms with Crippen LogP contribution < -0.4 is 15.8 Å². The Balaban J connectivity index is 2.21. The van der Waals surface area contributed by atoms with Gasteiger partial charge < -0.3 is 20.8 Å². The average Bonchev–Trinajstić information content (AvgIpc) is 2.89. The van der Waals surface area contributed by atoms with Crippen molar-refractivity contribution in [2.45, 2.75) is 13.5 Å². The lowest BCUT2D eigenvalue weighted by molar-refractivity contribution is 0.415. The molecule has 0 aliphatic heterocycles. The maximum Gasteiger partial charge on any atom is 0.152 e. The normalized spacial score (nSPS) is 11.3. The summed E-state index contributed by atoms with van der Waals surface area (Å²) in [6.45, 7) is 3.63. The third-order valence-corrected chi connectivity index (χ3v) is 3.25. The van der Waals surface area contributed by atoms with Crippen LogP contribution in [0.1, 0.15) is 12.7 Å². The number of ether oxygens (including phenoxy) is 1. The fraction of sp³-hybridized carbons (Fsp3) is 0.286. The molecule has 20 heavy (non-hydrogen) atoms. The lowest BCUT2D eigenvalue weighted by Crippen LogP contribution is -2.12. The predicted octanol–water partition coefficient (Wildman–Crippen LogP) is 1.81. The zero-order chi connectivity index (χ0) is 14.1. The first kappa shape index (κ1) is 12.7. The van der Waals surface area contributed by atoms with E-state index in [-0.39, 0.29) is 0 Å². The summed E-state index contributed by atoms with van der Waals surface area (Å²) < 4.78 is 5.22. The topological polar surface area (TPSA) is 88.8 Å². The molecule has 0 fully saturated rings. The van der Waals surface area contributed by atoms with Gasteiger partial charge in [-0.25, -0.2) is 9.97 Å². The molecule has 6 nitrogen and oxygen atoms in total. The van der Waals surface area contributed by atoms with Gasteiger partial charge in [-0.2, -0.15) is 0 Å². The van der Waals surface area contributed by atoms with Crippen LogP contribution in [-0.4, -0.2) is 28.6 Å². The van der Waals surface area contributed by atoms with E-state index < -0.39 is 0 Å². The van der Waals surface area contributed by atoms with Crippen molar-refractivity contribution in [2.75, 3.05) is 19.4 Å². The third-order valence-electron chi connectivity index (χ3n) is 3.25. The van der Waals surface area contributed by atoms with Crippen molar-refractivity contribution in [3.8, 4) is 5.75 Å². The van der Waals surface area contributed by atoms with Gasteiger partial charge in [0.05, 0.1) is 24.7 Å². The third kappa shape index (κ3) is 2.04. The van der Waals surface area contributed by atoms with E-state index in [0.717, 1.165) is 40.1 Å². The molecule has 0 atom stereocenters. The smallest absolute Gasteiger partial charge is 0.152 e. The van der Waals surface area contributed by atoms with Gasteiger partial charge in [-0.05, 0) is 18.7 Å². The number of aromatic nitrogens is 3. The number of rotatable bonds is 4. The number of anilines is 1. The number of hydrogen-bond donors (Lipinski definition) is 3. The van der Waals surface area contributed by atoms with Gasteiger partial charge in [0.15, 0.2) is 5.82 Å². The molecule has 0 spiro atoms. The highest BCUT2D eigenvalue weighted by molar-refractivity contribution is 6.06. The van der Waals surface area contributed by atoms with Gasteiger partial charge in [-0.1, -0.05) is 6.92 Å². The number of nitrogens with zero attached hydrogens (tertiary/aromatic N) is 2. The molecule has 0 unspecified atom stereocenters. The maximum absolute atomic E-state index is 6.00. The number of methoxy groups -OCH3 is 1. The monoisotopic (exact) mass is 271 g/mol. The van der Waals surface area contributed by atoms with E-state index in [1.54, 1.807) is 7.11 Å². The van der Waals surface area contributed by atoms with Crippen molar-refractivity contribution >= 4 is 27.8 Å². The van der Waals surface area contributed by atoms with Crippen LogP contribution in [0.3, 0.4) is 0 Å². The van der Waals surface area contributed by atoms with Gasteiger partial charge >= 0.3 is 0 Å². The number of imidazole rings is 1. The molecule has 0 radical (unpaired) electrons. The molecule has 2 aromatic heterocycles. The van der Waals surface area contributed by atoms with Crippen LogP contribution in [0.4, 0.5) is 5.82 Å². The quantitative estimate of drug-likeness (QED) is 0.673. The molecule has 2 heterocycles. The Labute approximate surface area is 116 Å². The highest BCUT2D eigenvalue weighted by atomic mass is 16.5. The molecule has 0 bridgehead atoms. The Bertz CT molecular complexity index is 765. The van der Waals surface area contributed by atoms with Crippen LogP contribution in [0.15, 0.2) is 18.2 Å². The Morgan fingerprint density at radius 1 is 1.35 bits per heavy atom. The van der Waals surface area contributed by atoms with E-state index in [9.17, 15) is 0 Å². The Morgan fingerprint density at radius 2 is 2.20 bits per heavy atom. The van der Waals surface area contributed by atoms with Crippen LogP contribution in [0.5, 0.6) is 5.75 Å². The predicted molar refractivity (Wildman–Crippen MR) is 79.7 cm³/mol. The Kier molecular flexibility index (Phi) is 3.15. The summed E-state index contributed by atoms with van der Waals surface area (Å²) >= 11 is 0. The van der Waals surface area contributed by atoms with Crippen molar-refractivity contribution in [3.05, 3.63) is 24.0 Å². The number of nitrogens with two attached hydrogens (primary N) is 1. The van der Waals surface area contributed by atoms with Gasteiger partial charge in [0, 0.05) is 11.5 Å². The highest BCUT2D eigenvalue weighted by Gasteiger charge is 2.12. The summed E-state index contributed by atoms with van der Waals surface area (Å²) in [6, 6.07) is 5.75. The van der Waals surface area contributed by atoms with Crippen molar-refractivity contribution in [2.24, 2.45) is 0 Å². The van der Waals surface area contributed by atoms with E-state index in [2.05, 4.69) is 27.2 Å². The summed E-state index contributed by atoms with van der Waals surface area (Å²) in [5.74, 6) is 2.05. The minimum atomic E-state index is 0.430. The molecule has 1 aromatic carbocycles. The van der Waals surface area contributed by atoms with Gasteiger partial charge in [-0.3, -0.25) is 0 Å². The number of pyridine rings is 1. The van der Waals surface area contributed by atoms with Crippen LogP contribution in [0.2, 0.25) is 0 Å². The Hall–Kier alpha value is -2.34. The second-order valence-electron chi connectivity index (χ2n) is 4.57. The first-order valence-electron chi connectivity index (χ1n) is 6.55. The zero-order valence-corrected chi connectivity index (χ0v) is 11.5. The summed E-state index contributed by atoms with van der Waals surface area (Å²) in [4.78, 5) is 12.2. The number of aromatic amines is 1. The minimum absolute atomic E-state index is 0.430. The molecular formula is C14H17N5O. The van der Waals surface area contributed by atoms with Crippen molar-refractivity contribution in [1.82, 2.24) is 20.3 Å². The molecule has 0 aliphatic carbocycles. The molecule has 6 heteroatoms. The van der Waals surface area contributed by atoms with Crippen LogP contribution in [0, 0.1) is 0 Å². The van der Waals surface area contributed by atoms with Gasteiger partial charge in [0.25, 0.3) is 0 Å². The molecule has 0 saturated carbocycles. The number of hydrogen-bond acceptors (Lipinski definition) is 5. The number of benzene rings is 1. The van der Waals surface area contributed by atoms with E-state index in [0.29, 0.717) is 12.4 Å². The second-order valence-corrected chi connectivity index (χ2v) is 4.57. The number of fused-ring (bicyclic) bond motifs is 3. The first-order valence-corrected chi connectivity index (χ1v) is 6.55. The average molecular weight is 271 g/mol. The van der Waals surface area contributed by atoms with Crippen LogP contribution in [0.25, 0.3) is 21.9 Å². The van der Waals surface area contributed by atoms with E-state index >= 15 is 0 Å². The van der Waals surface area contributed by atoms with Gasteiger partial charge in [-0.15, -0.1) is 0 Å². The van der Waals surface area contributed by atoms with E-state index in [1.165, 1.54) is 0 Å². The molecule has 104 valence electrons. The number of H-pyrrole nitrogens is 1. The van der Waals surface area contributed by atoms with Gasteiger partial charge in [0.2, 0.25) is 0 Å². The standard InChI is InChI=1S/C14H17N5O/c1-3-16-7-11-18-12-9-5-4-8(20-2)6-10(9)17-14(15)13(12)19-11/h4-6,16H,3,7H2,1-2H3,(H2,15,17)(H,18,19). The summed E-state index contributed by atoms with van der Waals surface area (Å²) in [5, 5.41) is 4.23. The molecule has 3 aromatic rings. The fourth-order valence-corrected chi connectivity index (χ4v) is 2.25. The lowest BCUT2D eigenvalue weighted by atomic mass is 10.2. The summed E-state index contributed by atoms with van der Waals surface area (Å²) in [6.07, 6.45) is 0. The number of nitrogen functional groups attached to an aromatic ring is 1. The van der Waals surface area contributed by atoms with Crippen molar-refractivity contribution < 1.29 is 4.74 Å². The summed E-state index contributed by atoms with van der Waals surface area (Å²) in [5.41, 5.74) is 8.44. The second kappa shape index (κ2) is 4.97. The largest absolute Gasteiger partial charge is 0.497 e. The van der Waals surface area contributed by atoms with E-state index in [4.69, 9.17) is 10.5 Å². The minimum Gasteiger partial charge on any atom is -0.497 e. The fourth-order valence-electron chi connectivity index (χ4n) is 2.25. The molecule has 0 amide bonds. The van der Waals surface area contributed by atoms with E-state index in [1.807, 2.05) is 18.2 Å². The number of nitrogens with one attached hydrogen (secondary N) is 2. The van der Waals surface area contributed by atoms with Gasteiger partial charge in [0.1, 0.15) is 17.1 Å². The van der Waals surface area contributed by atoms with Crippen molar-refractivity contribution in [1.29, 1.82) is 0 Å². The zero-order valence-electron chi connectivity index (χ0n) is 11.5. The Morgan fingerprint density at radius 3 is 2.95 bits per heavy atom. The maximum atomic E-state index is 6.00. The van der Waals surface area contributed by atoms with Crippen molar-refractivity contribution in [3.63, 3.8) is 0 Å². The first-order chi connectivity index (χ1) is 9.72. The lowest BCUT2D eigenvalue weighted by Gasteiger charge is -2.04. The molecular weight excluding hydrogens is 254 g/mol. The van der Waals surface area contributed by atoms with Crippen LogP contribution >= 0.6 is 0 Å². The molecule has 0 aliphatic rings. The highest BCUT2D eigenvalue weighted by Crippen LogP contribution is 2.28. The van der Waals surface area contributed by atoms with Crippen LogP contribution in [-0.2, 0) is 6.54 Å².